The number of halogens is 3. The predicted molar refractivity (Wildman–Crippen MR) is 97.9 cm³/mol. The number of nitrogens with two attached hydrogens (primary N) is 1. The number of hydrogen-bond donors (Lipinski definition) is 2. The zero-order valence-corrected chi connectivity index (χ0v) is 15.8. The number of aromatic hydroxyl groups is 1. The Bertz CT molecular complexity index is 770. The lowest BCUT2D eigenvalue weighted by Gasteiger charge is -2.19. The smallest absolute Gasteiger partial charge is 0.419 e. The van der Waals surface area contributed by atoms with Gasteiger partial charge in [0, 0.05) is 12.1 Å². The zero-order chi connectivity index (χ0) is 20.4. The van der Waals surface area contributed by atoms with Crippen molar-refractivity contribution in [2.75, 3.05) is 6.54 Å². The van der Waals surface area contributed by atoms with E-state index >= 15 is 0 Å². The van der Waals surface area contributed by atoms with Crippen LogP contribution < -0.4 is 5.73 Å². The molecule has 0 aromatic heterocycles. The molecule has 9 heteroatoms. The second-order valence-corrected chi connectivity index (χ2v) is 8.05. The lowest BCUT2D eigenvalue weighted by molar-refractivity contribution is -0.138. The molecular formula is C18H21F3N2O3S. The third-order valence-corrected chi connectivity index (χ3v) is 4.86. The molecule has 0 aliphatic carbocycles. The molecule has 5 nitrogen and oxygen atoms in total. The number of thioether (sulfide) groups is 1. The fourth-order valence-corrected chi connectivity index (χ4v) is 3.43. The van der Waals surface area contributed by atoms with Crippen molar-refractivity contribution >= 4 is 29.0 Å². The fourth-order valence-electron chi connectivity index (χ4n) is 2.57. The van der Waals surface area contributed by atoms with Gasteiger partial charge < -0.3 is 10.8 Å². The summed E-state index contributed by atoms with van der Waals surface area (Å²) in [5.41, 5.74) is 4.45. The highest BCUT2D eigenvalue weighted by molar-refractivity contribution is 8.18. The minimum Gasteiger partial charge on any atom is -0.507 e. The Morgan fingerprint density at radius 3 is 2.48 bits per heavy atom. The largest absolute Gasteiger partial charge is 0.507 e. The molecule has 2 amide bonds. The minimum atomic E-state index is -4.72. The van der Waals surface area contributed by atoms with Gasteiger partial charge in [-0.05, 0) is 68.6 Å². The quantitative estimate of drug-likeness (QED) is 0.546. The van der Waals surface area contributed by atoms with Gasteiger partial charge in [-0.3, -0.25) is 14.5 Å². The summed E-state index contributed by atoms with van der Waals surface area (Å²) in [5, 5.41) is 8.91. The molecule has 0 saturated carbocycles. The second-order valence-electron chi connectivity index (χ2n) is 7.05. The number of alkyl halides is 3. The number of phenolic OH excluding ortho intramolecular Hbond substituents is 1. The van der Waals surface area contributed by atoms with Crippen molar-refractivity contribution < 1.29 is 27.9 Å². The van der Waals surface area contributed by atoms with Crippen molar-refractivity contribution in [2.45, 2.75) is 44.8 Å². The topological polar surface area (TPSA) is 83.6 Å². The highest BCUT2D eigenvalue weighted by Crippen LogP contribution is 2.38. The Morgan fingerprint density at radius 2 is 1.89 bits per heavy atom. The number of carbonyl (C=O) groups excluding carboxylic acids is 2. The standard InChI is InChI=1S/C18H21F3N2O3S/c1-17(2,22)7-3-4-8-23-15(25)14(27-16(23)26)10-11-5-6-13(24)12(9-11)18(19,20)21/h5-6,9-10,24H,3-4,7-8,22H2,1-2H3/b14-10-. The van der Waals surface area contributed by atoms with Gasteiger partial charge in [0.25, 0.3) is 11.1 Å². The maximum Gasteiger partial charge on any atom is 0.419 e. The highest BCUT2D eigenvalue weighted by Gasteiger charge is 2.36. The molecule has 1 fully saturated rings. The molecule has 1 aromatic rings. The van der Waals surface area contributed by atoms with Crippen molar-refractivity contribution in [3.8, 4) is 5.75 Å². The van der Waals surface area contributed by atoms with Crippen LogP contribution >= 0.6 is 11.8 Å². The minimum absolute atomic E-state index is 0.0537. The molecule has 148 valence electrons. The normalized spacial score (nSPS) is 17.3. The van der Waals surface area contributed by atoms with Crippen LogP contribution in [0.1, 0.15) is 44.2 Å². The first-order chi connectivity index (χ1) is 12.4. The fraction of sp³-hybridized carbons (Fsp3) is 0.444. The third kappa shape index (κ3) is 5.74. The molecule has 0 bridgehead atoms. The van der Waals surface area contributed by atoms with E-state index in [-0.39, 0.29) is 22.6 Å². The predicted octanol–water partition coefficient (Wildman–Crippen LogP) is 4.35. The Morgan fingerprint density at radius 1 is 1.22 bits per heavy atom. The summed E-state index contributed by atoms with van der Waals surface area (Å²) >= 11 is 0.688. The highest BCUT2D eigenvalue weighted by atomic mass is 32.2. The van der Waals surface area contributed by atoms with Crippen LogP contribution in [0.2, 0.25) is 0 Å². The molecule has 27 heavy (non-hydrogen) atoms. The van der Waals surface area contributed by atoms with Crippen molar-refractivity contribution in [3.63, 3.8) is 0 Å². The molecule has 0 spiro atoms. The van der Waals surface area contributed by atoms with Crippen LogP contribution in [0.15, 0.2) is 23.1 Å². The van der Waals surface area contributed by atoms with E-state index in [9.17, 15) is 27.9 Å². The van der Waals surface area contributed by atoms with Gasteiger partial charge in [-0.1, -0.05) is 6.07 Å². The molecule has 0 atom stereocenters. The SMILES string of the molecule is CC(C)(N)CCCCN1C(=O)S/C(=C\c2ccc(O)c(C(F)(F)F)c2)C1=O. The summed E-state index contributed by atoms with van der Waals surface area (Å²) in [6.45, 7) is 4.02. The number of imide groups is 1. The third-order valence-electron chi connectivity index (χ3n) is 3.95. The number of rotatable bonds is 6. The lowest BCUT2D eigenvalue weighted by atomic mass is 9.99. The van der Waals surface area contributed by atoms with Crippen molar-refractivity contribution in [1.29, 1.82) is 0 Å². The van der Waals surface area contributed by atoms with Crippen molar-refractivity contribution in [3.05, 3.63) is 34.2 Å². The molecule has 0 unspecified atom stereocenters. The van der Waals surface area contributed by atoms with Gasteiger partial charge in [0.15, 0.2) is 0 Å². The van der Waals surface area contributed by atoms with Gasteiger partial charge in [0.2, 0.25) is 0 Å². The maximum atomic E-state index is 12.9. The summed E-state index contributed by atoms with van der Waals surface area (Å²) in [5.74, 6) is -1.42. The van der Waals surface area contributed by atoms with E-state index in [0.29, 0.717) is 18.2 Å². The molecule has 1 heterocycles. The van der Waals surface area contributed by atoms with Gasteiger partial charge in [0.05, 0.1) is 10.5 Å². The van der Waals surface area contributed by atoms with Crippen LogP contribution in [-0.2, 0) is 11.0 Å². The van der Waals surface area contributed by atoms with Crippen LogP contribution in [0, 0.1) is 0 Å². The Balaban J connectivity index is 2.10. The van der Waals surface area contributed by atoms with E-state index in [4.69, 9.17) is 5.73 Å². The average molecular weight is 402 g/mol. The summed E-state index contributed by atoms with van der Waals surface area (Å²) < 4.78 is 38.6. The van der Waals surface area contributed by atoms with Crippen molar-refractivity contribution in [2.24, 2.45) is 5.73 Å². The van der Waals surface area contributed by atoms with E-state index in [2.05, 4.69) is 0 Å². The average Bonchev–Trinajstić information content (AvgIpc) is 2.78. The Labute approximate surface area is 159 Å². The maximum absolute atomic E-state index is 12.9. The summed E-state index contributed by atoms with van der Waals surface area (Å²) in [6.07, 6.45) is -1.40. The van der Waals surface area contributed by atoms with E-state index in [1.54, 1.807) is 0 Å². The van der Waals surface area contributed by atoms with Crippen LogP contribution in [0.3, 0.4) is 0 Å². The van der Waals surface area contributed by atoms with Crippen LogP contribution in [0.25, 0.3) is 6.08 Å². The van der Waals surface area contributed by atoms with E-state index in [1.807, 2.05) is 13.8 Å². The number of phenols is 1. The van der Waals surface area contributed by atoms with Crippen LogP contribution in [0.5, 0.6) is 5.75 Å². The van der Waals surface area contributed by atoms with Crippen LogP contribution in [-0.4, -0.2) is 33.2 Å². The van der Waals surface area contributed by atoms with E-state index < -0.39 is 28.6 Å². The molecule has 1 aromatic carbocycles. The van der Waals surface area contributed by atoms with Gasteiger partial charge in [0.1, 0.15) is 5.75 Å². The molecule has 0 radical (unpaired) electrons. The van der Waals surface area contributed by atoms with Gasteiger partial charge in [-0.25, -0.2) is 0 Å². The van der Waals surface area contributed by atoms with Gasteiger partial charge in [-0.2, -0.15) is 13.2 Å². The molecular weight excluding hydrogens is 381 g/mol. The number of carbonyl (C=O) groups is 2. The first-order valence-electron chi connectivity index (χ1n) is 8.33. The first kappa shape index (κ1) is 21.3. The van der Waals surface area contributed by atoms with E-state index in [1.165, 1.54) is 12.1 Å². The van der Waals surface area contributed by atoms with Gasteiger partial charge >= 0.3 is 6.18 Å². The zero-order valence-electron chi connectivity index (χ0n) is 15.0. The molecule has 1 saturated heterocycles. The molecule has 2 rings (SSSR count). The summed E-state index contributed by atoms with van der Waals surface area (Å²) in [4.78, 5) is 25.6. The Kier molecular flexibility index (Phi) is 6.26. The van der Waals surface area contributed by atoms with Crippen molar-refractivity contribution in [1.82, 2.24) is 4.90 Å². The van der Waals surface area contributed by atoms with E-state index in [0.717, 1.165) is 29.9 Å². The number of nitrogens with zero attached hydrogens (tertiary/aromatic N) is 1. The monoisotopic (exact) mass is 402 g/mol. The van der Waals surface area contributed by atoms with Crippen LogP contribution in [0.4, 0.5) is 18.0 Å². The van der Waals surface area contributed by atoms with Gasteiger partial charge in [-0.15, -0.1) is 0 Å². The molecule has 1 aliphatic heterocycles. The number of benzene rings is 1. The first-order valence-corrected chi connectivity index (χ1v) is 9.14. The number of amides is 2. The summed E-state index contributed by atoms with van der Waals surface area (Å²) in [6, 6.07) is 2.90. The summed E-state index contributed by atoms with van der Waals surface area (Å²) in [7, 11) is 0. The lowest BCUT2D eigenvalue weighted by Crippen LogP contribution is -2.32. The number of hydrogen-bond acceptors (Lipinski definition) is 5. The number of unbranched alkanes of at least 4 members (excludes halogenated alkanes) is 1. The second kappa shape index (κ2) is 7.93. The Hall–Kier alpha value is -2.00. The molecule has 3 N–H and O–H groups in total. The molecule has 1 aliphatic rings.